The second-order valence-corrected chi connectivity index (χ2v) is 7.81. The monoisotopic (exact) mass is 360 g/mol. The first-order valence-electron chi connectivity index (χ1n) is 9.95. The van der Waals surface area contributed by atoms with E-state index in [1.165, 1.54) is 5.56 Å². The maximum Gasteiger partial charge on any atom is 0.254 e. The van der Waals surface area contributed by atoms with Crippen LogP contribution in [0.5, 0.6) is 0 Å². The SMILES string of the molecule is C[C@@H]1CN(Cc2ccc(C(=O)N3CCCC[C@H]3CCO)cc2)C[C@@H](C)O1. The number of rotatable bonds is 5. The highest BCUT2D eigenvalue weighted by Gasteiger charge is 2.27. The van der Waals surface area contributed by atoms with Crippen LogP contribution in [0.2, 0.25) is 0 Å². The predicted octanol–water partition coefficient (Wildman–Crippen LogP) is 2.67. The number of aliphatic hydroxyl groups is 1. The van der Waals surface area contributed by atoms with Gasteiger partial charge >= 0.3 is 0 Å². The molecular weight excluding hydrogens is 328 g/mol. The summed E-state index contributed by atoms with van der Waals surface area (Å²) >= 11 is 0. The van der Waals surface area contributed by atoms with E-state index in [1.54, 1.807) is 0 Å². The fourth-order valence-electron chi connectivity index (χ4n) is 4.31. The van der Waals surface area contributed by atoms with Crippen LogP contribution in [0.1, 0.15) is 55.5 Å². The van der Waals surface area contributed by atoms with Gasteiger partial charge in [-0.25, -0.2) is 0 Å². The van der Waals surface area contributed by atoms with Gasteiger partial charge < -0.3 is 14.7 Å². The van der Waals surface area contributed by atoms with E-state index in [1.807, 2.05) is 17.0 Å². The molecule has 0 spiro atoms. The summed E-state index contributed by atoms with van der Waals surface area (Å²) in [5, 5.41) is 9.27. The van der Waals surface area contributed by atoms with Crippen LogP contribution in [0.3, 0.4) is 0 Å². The molecule has 5 nitrogen and oxygen atoms in total. The molecule has 0 bridgehead atoms. The molecule has 3 atom stereocenters. The standard InChI is InChI=1S/C21H32N2O3/c1-16-13-22(14-17(2)26-16)15-18-6-8-19(9-7-18)21(25)23-11-4-3-5-20(23)10-12-24/h6-9,16-17,20,24H,3-5,10-15H2,1-2H3/t16-,17-,20+/m1/s1. The molecule has 3 rings (SSSR count). The number of morpholine rings is 1. The molecule has 0 saturated carbocycles. The number of amides is 1. The van der Waals surface area contributed by atoms with E-state index >= 15 is 0 Å². The highest BCUT2D eigenvalue weighted by atomic mass is 16.5. The van der Waals surface area contributed by atoms with Crippen LogP contribution in [-0.4, -0.2) is 65.3 Å². The lowest BCUT2D eigenvalue weighted by Gasteiger charge is -2.36. The van der Waals surface area contributed by atoms with Crippen molar-refractivity contribution in [2.75, 3.05) is 26.2 Å². The molecule has 0 unspecified atom stereocenters. The van der Waals surface area contributed by atoms with Crippen LogP contribution < -0.4 is 0 Å². The third kappa shape index (κ3) is 4.84. The Morgan fingerprint density at radius 3 is 2.50 bits per heavy atom. The first-order valence-corrected chi connectivity index (χ1v) is 9.95. The molecule has 1 aromatic rings. The highest BCUT2D eigenvalue weighted by Crippen LogP contribution is 2.22. The predicted molar refractivity (Wildman–Crippen MR) is 102 cm³/mol. The van der Waals surface area contributed by atoms with Gasteiger partial charge in [-0.3, -0.25) is 9.69 Å². The summed E-state index contributed by atoms with van der Waals surface area (Å²) in [6.07, 6.45) is 4.40. The van der Waals surface area contributed by atoms with E-state index < -0.39 is 0 Å². The van der Waals surface area contributed by atoms with Gasteiger partial charge in [0.1, 0.15) is 0 Å². The van der Waals surface area contributed by atoms with Gasteiger partial charge in [0.2, 0.25) is 0 Å². The third-order valence-corrected chi connectivity index (χ3v) is 5.45. The number of nitrogens with zero attached hydrogens (tertiary/aromatic N) is 2. The van der Waals surface area contributed by atoms with Gasteiger partial charge in [-0.15, -0.1) is 0 Å². The molecule has 1 aromatic carbocycles. The Bertz CT molecular complexity index is 577. The lowest BCUT2D eigenvalue weighted by Crippen LogP contribution is -2.45. The van der Waals surface area contributed by atoms with Crippen LogP contribution >= 0.6 is 0 Å². The van der Waals surface area contributed by atoms with E-state index in [0.717, 1.165) is 51.0 Å². The summed E-state index contributed by atoms with van der Waals surface area (Å²) in [5.41, 5.74) is 1.98. The maximum absolute atomic E-state index is 12.9. The lowest BCUT2D eigenvalue weighted by molar-refractivity contribution is -0.0704. The minimum absolute atomic E-state index is 0.100. The summed E-state index contributed by atoms with van der Waals surface area (Å²) in [7, 11) is 0. The van der Waals surface area contributed by atoms with Gasteiger partial charge in [-0.2, -0.15) is 0 Å². The van der Waals surface area contributed by atoms with Gasteiger partial charge in [-0.1, -0.05) is 12.1 Å². The Labute approximate surface area is 156 Å². The zero-order valence-corrected chi connectivity index (χ0v) is 16.1. The maximum atomic E-state index is 12.9. The van der Waals surface area contributed by atoms with Gasteiger partial charge in [0.15, 0.2) is 0 Å². The Kier molecular flexibility index (Phi) is 6.68. The number of carbonyl (C=O) groups is 1. The summed E-state index contributed by atoms with van der Waals surface area (Å²) in [4.78, 5) is 17.3. The van der Waals surface area contributed by atoms with Crippen molar-refractivity contribution in [1.29, 1.82) is 0 Å². The molecule has 26 heavy (non-hydrogen) atoms. The quantitative estimate of drug-likeness (QED) is 0.877. The van der Waals surface area contributed by atoms with Crippen LogP contribution in [0.4, 0.5) is 0 Å². The average Bonchev–Trinajstić information content (AvgIpc) is 2.62. The molecule has 0 aliphatic carbocycles. The second kappa shape index (κ2) is 8.98. The third-order valence-electron chi connectivity index (χ3n) is 5.45. The minimum atomic E-state index is 0.100. The van der Waals surface area contributed by atoms with Crippen LogP contribution in [0.25, 0.3) is 0 Å². The lowest BCUT2D eigenvalue weighted by atomic mass is 9.98. The van der Waals surface area contributed by atoms with E-state index in [-0.39, 0.29) is 30.8 Å². The summed E-state index contributed by atoms with van der Waals surface area (Å²) < 4.78 is 5.79. The largest absolute Gasteiger partial charge is 0.396 e. The van der Waals surface area contributed by atoms with Gasteiger partial charge in [0.25, 0.3) is 5.91 Å². The van der Waals surface area contributed by atoms with Crippen molar-refractivity contribution >= 4 is 5.91 Å². The second-order valence-electron chi connectivity index (χ2n) is 7.81. The van der Waals surface area contributed by atoms with Crippen molar-refractivity contribution in [3.05, 3.63) is 35.4 Å². The van der Waals surface area contributed by atoms with E-state index in [0.29, 0.717) is 6.42 Å². The number of carbonyl (C=O) groups excluding carboxylic acids is 1. The number of hydrogen-bond acceptors (Lipinski definition) is 4. The normalized spacial score (nSPS) is 27.5. The molecule has 1 amide bonds. The van der Waals surface area contributed by atoms with Gasteiger partial charge in [0, 0.05) is 44.4 Å². The van der Waals surface area contributed by atoms with E-state index in [9.17, 15) is 9.90 Å². The van der Waals surface area contributed by atoms with Crippen LogP contribution in [-0.2, 0) is 11.3 Å². The van der Waals surface area contributed by atoms with Crippen molar-refractivity contribution in [2.45, 2.75) is 64.3 Å². The smallest absolute Gasteiger partial charge is 0.254 e. The number of aliphatic hydroxyl groups excluding tert-OH is 1. The molecule has 2 aliphatic heterocycles. The van der Waals surface area contributed by atoms with E-state index in [4.69, 9.17) is 4.74 Å². The average molecular weight is 360 g/mol. The number of piperidine rings is 1. The highest BCUT2D eigenvalue weighted by molar-refractivity contribution is 5.94. The molecule has 0 radical (unpaired) electrons. The van der Waals surface area contributed by atoms with Crippen LogP contribution in [0, 0.1) is 0 Å². The molecule has 2 fully saturated rings. The Morgan fingerprint density at radius 1 is 1.15 bits per heavy atom. The topological polar surface area (TPSA) is 53.0 Å². The zero-order valence-electron chi connectivity index (χ0n) is 16.1. The van der Waals surface area contributed by atoms with Crippen molar-refractivity contribution in [1.82, 2.24) is 9.80 Å². The molecule has 0 aromatic heterocycles. The first-order chi connectivity index (χ1) is 12.6. The minimum Gasteiger partial charge on any atom is -0.396 e. The summed E-state index contributed by atoms with van der Waals surface area (Å²) in [5.74, 6) is 0.100. The number of ether oxygens (including phenoxy) is 1. The number of hydrogen-bond donors (Lipinski definition) is 1. The molecule has 1 N–H and O–H groups in total. The number of benzene rings is 1. The van der Waals surface area contributed by atoms with Gasteiger partial charge in [-0.05, 0) is 57.2 Å². The number of likely N-dealkylation sites (tertiary alicyclic amines) is 1. The Hall–Kier alpha value is -1.43. The van der Waals surface area contributed by atoms with Crippen molar-refractivity contribution in [3.63, 3.8) is 0 Å². The Morgan fingerprint density at radius 2 is 1.85 bits per heavy atom. The molecule has 144 valence electrons. The summed E-state index contributed by atoms with van der Waals surface area (Å²) in [6, 6.07) is 8.23. The molecule has 2 aliphatic rings. The van der Waals surface area contributed by atoms with Gasteiger partial charge in [0.05, 0.1) is 12.2 Å². The zero-order chi connectivity index (χ0) is 18.5. The van der Waals surface area contributed by atoms with Crippen LogP contribution in [0.15, 0.2) is 24.3 Å². The molecule has 2 saturated heterocycles. The Balaban J connectivity index is 1.62. The van der Waals surface area contributed by atoms with E-state index in [2.05, 4.69) is 30.9 Å². The van der Waals surface area contributed by atoms with Crippen molar-refractivity contribution in [2.24, 2.45) is 0 Å². The summed E-state index contributed by atoms with van der Waals surface area (Å²) in [6.45, 7) is 7.96. The molecular formula is C21H32N2O3. The fraction of sp³-hybridized carbons (Fsp3) is 0.667. The fourth-order valence-corrected chi connectivity index (χ4v) is 4.31. The molecule has 2 heterocycles. The van der Waals surface area contributed by atoms with Crippen molar-refractivity contribution in [3.8, 4) is 0 Å². The molecule has 5 heteroatoms. The first kappa shape index (κ1) is 19.3. The van der Waals surface area contributed by atoms with Crippen molar-refractivity contribution < 1.29 is 14.6 Å².